The minimum absolute atomic E-state index is 0.0223. The third-order valence-electron chi connectivity index (χ3n) is 4.34. The summed E-state index contributed by atoms with van der Waals surface area (Å²) in [7, 11) is 0. The van der Waals surface area contributed by atoms with E-state index < -0.39 is 0 Å². The van der Waals surface area contributed by atoms with Crippen LogP contribution in [0.3, 0.4) is 0 Å². The molecule has 104 valence electrons. The third-order valence-corrected chi connectivity index (χ3v) is 4.34. The van der Waals surface area contributed by atoms with Gasteiger partial charge in [-0.1, -0.05) is 28.5 Å². The highest BCUT2D eigenvalue weighted by atomic mass is 16.6. The molecule has 1 unspecified atom stereocenters. The quantitative estimate of drug-likeness (QED) is 0.836. The molecule has 1 saturated heterocycles. The standard InChI is InChI=1S/C15H17N3O2/c1-2-4-14-12(3-1)5-6-15(19-14)7-8-18(11-15)10-13-9-16-20-17-13/h1-4,9H,5-8,10-11H2. The Balaban J connectivity index is 1.48. The maximum atomic E-state index is 6.33. The molecular weight excluding hydrogens is 254 g/mol. The summed E-state index contributed by atoms with van der Waals surface area (Å²) >= 11 is 0. The summed E-state index contributed by atoms with van der Waals surface area (Å²) in [6.45, 7) is 2.78. The van der Waals surface area contributed by atoms with Gasteiger partial charge in [-0.3, -0.25) is 4.90 Å². The van der Waals surface area contributed by atoms with Crippen molar-refractivity contribution in [2.45, 2.75) is 31.4 Å². The van der Waals surface area contributed by atoms with Crippen molar-refractivity contribution in [3.63, 3.8) is 0 Å². The minimum atomic E-state index is -0.0223. The van der Waals surface area contributed by atoms with Crippen LogP contribution in [-0.2, 0) is 13.0 Å². The highest BCUT2D eigenvalue weighted by Crippen LogP contribution is 2.38. The van der Waals surface area contributed by atoms with E-state index in [0.717, 1.165) is 50.3 Å². The first-order valence-electron chi connectivity index (χ1n) is 7.09. The van der Waals surface area contributed by atoms with Crippen molar-refractivity contribution >= 4 is 0 Å². The fraction of sp³-hybridized carbons (Fsp3) is 0.467. The van der Waals surface area contributed by atoms with Crippen LogP contribution >= 0.6 is 0 Å². The highest BCUT2D eigenvalue weighted by molar-refractivity contribution is 5.36. The van der Waals surface area contributed by atoms with Gasteiger partial charge in [-0.05, 0) is 24.5 Å². The minimum Gasteiger partial charge on any atom is -0.486 e. The van der Waals surface area contributed by atoms with Gasteiger partial charge >= 0.3 is 0 Å². The Hall–Kier alpha value is -1.88. The molecule has 1 aromatic heterocycles. The summed E-state index contributed by atoms with van der Waals surface area (Å²) in [6.07, 6.45) is 4.96. The number of aromatic nitrogens is 2. The van der Waals surface area contributed by atoms with E-state index in [2.05, 4.69) is 38.0 Å². The zero-order valence-electron chi connectivity index (χ0n) is 11.3. The number of para-hydroxylation sites is 1. The van der Waals surface area contributed by atoms with Crippen LogP contribution in [0.5, 0.6) is 5.75 Å². The summed E-state index contributed by atoms with van der Waals surface area (Å²) in [5.41, 5.74) is 2.20. The van der Waals surface area contributed by atoms with Crippen LogP contribution in [-0.4, -0.2) is 33.9 Å². The molecule has 3 heterocycles. The predicted molar refractivity (Wildman–Crippen MR) is 72.3 cm³/mol. The first kappa shape index (κ1) is 11.9. The number of hydrogen-bond donors (Lipinski definition) is 0. The van der Waals surface area contributed by atoms with Gasteiger partial charge in [0, 0.05) is 26.1 Å². The number of rotatable bonds is 2. The lowest BCUT2D eigenvalue weighted by molar-refractivity contribution is 0.0535. The molecule has 2 aliphatic heterocycles. The Labute approximate surface area is 117 Å². The Morgan fingerprint density at radius 3 is 3.10 bits per heavy atom. The van der Waals surface area contributed by atoms with E-state index in [1.165, 1.54) is 5.56 Å². The fourth-order valence-corrected chi connectivity index (χ4v) is 3.29. The maximum Gasteiger partial charge on any atom is 0.123 e. The average molecular weight is 271 g/mol. The Bertz CT molecular complexity index is 599. The van der Waals surface area contributed by atoms with Crippen LogP contribution in [0.1, 0.15) is 24.1 Å². The van der Waals surface area contributed by atoms with Gasteiger partial charge in [0.25, 0.3) is 0 Å². The van der Waals surface area contributed by atoms with E-state index in [9.17, 15) is 0 Å². The number of aryl methyl sites for hydroxylation is 1. The molecule has 2 aromatic rings. The first-order valence-corrected chi connectivity index (χ1v) is 7.09. The van der Waals surface area contributed by atoms with Gasteiger partial charge in [-0.15, -0.1) is 0 Å². The van der Waals surface area contributed by atoms with Crippen molar-refractivity contribution in [2.24, 2.45) is 0 Å². The molecule has 5 heteroatoms. The SMILES string of the molecule is c1ccc2c(c1)CCC1(CCN(Cc3cnon3)C1)O2. The number of benzene rings is 1. The Morgan fingerprint density at radius 1 is 1.25 bits per heavy atom. The first-order chi connectivity index (χ1) is 9.83. The summed E-state index contributed by atoms with van der Waals surface area (Å²) in [6, 6.07) is 8.38. The summed E-state index contributed by atoms with van der Waals surface area (Å²) in [4.78, 5) is 2.37. The van der Waals surface area contributed by atoms with Gasteiger partial charge in [-0.25, -0.2) is 4.63 Å². The summed E-state index contributed by atoms with van der Waals surface area (Å²) in [5, 5.41) is 7.53. The topological polar surface area (TPSA) is 51.4 Å². The van der Waals surface area contributed by atoms with Crippen molar-refractivity contribution in [3.8, 4) is 5.75 Å². The Morgan fingerprint density at radius 2 is 2.20 bits per heavy atom. The number of hydrogen-bond acceptors (Lipinski definition) is 5. The van der Waals surface area contributed by atoms with E-state index in [4.69, 9.17) is 4.74 Å². The maximum absolute atomic E-state index is 6.33. The number of ether oxygens (including phenoxy) is 1. The van der Waals surface area contributed by atoms with E-state index in [1.807, 2.05) is 6.07 Å². The molecule has 0 N–H and O–H groups in total. The molecule has 1 spiro atoms. The van der Waals surface area contributed by atoms with E-state index in [-0.39, 0.29) is 5.60 Å². The van der Waals surface area contributed by atoms with Gasteiger partial charge < -0.3 is 4.74 Å². The lowest BCUT2D eigenvalue weighted by Crippen LogP contribution is -2.42. The third kappa shape index (κ3) is 2.08. The van der Waals surface area contributed by atoms with Crippen LogP contribution < -0.4 is 4.74 Å². The van der Waals surface area contributed by atoms with Gasteiger partial charge in [0.05, 0.1) is 6.20 Å². The molecule has 2 aliphatic rings. The highest BCUT2D eigenvalue weighted by Gasteiger charge is 2.42. The number of fused-ring (bicyclic) bond motifs is 1. The number of nitrogens with zero attached hydrogens (tertiary/aromatic N) is 3. The summed E-state index contributed by atoms with van der Waals surface area (Å²) < 4.78 is 11.0. The molecular formula is C15H17N3O2. The second-order valence-electron chi connectivity index (χ2n) is 5.75. The smallest absolute Gasteiger partial charge is 0.123 e. The fourth-order valence-electron chi connectivity index (χ4n) is 3.29. The predicted octanol–water partition coefficient (Wildman–Crippen LogP) is 2.04. The van der Waals surface area contributed by atoms with Gasteiger partial charge in [0.2, 0.25) is 0 Å². The molecule has 1 aromatic carbocycles. The monoisotopic (exact) mass is 271 g/mol. The molecule has 20 heavy (non-hydrogen) atoms. The molecule has 0 bridgehead atoms. The molecule has 1 fully saturated rings. The van der Waals surface area contributed by atoms with Crippen LogP contribution in [0.2, 0.25) is 0 Å². The van der Waals surface area contributed by atoms with Crippen LogP contribution in [0.15, 0.2) is 35.1 Å². The largest absolute Gasteiger partial charge is 0.486 e. The zero-order chi connectivity index (χ0) is 13.4. The van der Waals surface area contributed by atoms with Crippen LogP contribution in [0.25, 0.3) is 0 Å². The molecule has 1 atom stereocenters. The molecule has 0 saturated carbocycles. The Kier molecular flexibility index (Phi) is 2.73. The van der Waals surface area contributed by atoms with Gasteiger partial charge in [0.15, 0.2) is 0 Å². The molecule has 0 amide bonds. The normalized spacial score (nSPS) is 25.6. The van der Waals surface area contributed by atoms with Crippen molar-refractivity contribution in [3.05, 3.63) is 41.7 Å². The molecule has 5 nitrogen and oxygen atoms in total. The van der Waals surface area contributed by atoms with Crippen molar-refractivity contribution < 1.29 is 9.37 Å². The lowest BCUT2D eigenvalue weighted by Gasteiger charge is -2.35. The number of likely N-dealkylation sites (tertiary alicyclic amines) is 1. The summed E-state index contributed by atoms with van der Waals surface area (Å²) in [5.74, 6) is 1.06. The second kappa shape index (κ2) is 4.59. The zero-order valence-corrected chi connectivity index (χ0v) is 11.3. The van der Waals surface area contributed by atoms with Gasteiger partial charge in [-0.2, -0.15) is 0 Å². The lowest BCUT2D eigenvalue weighted by atomic mass is 9.90. The van der Waals surface area contributed by atoms with E-state index >= 15 is 0 Å². The van der Waals surface area contributed by atoms with Crippen LogP contribution in [0.4, 0.5) is 0 Å². The van der Waals surface area contributed by atoms with Crippen molar-refractivity contribution in [2.75, 3.05) is 13.1 Å². The second-order valence-corrected chi connectivity index (χ2v) is 5.75. The van der Waals surface area contributed by atoms with Crippen molar-refractivity contribution in [1.29, 1.82) is 0 Å². The van der Waals surface area contributed by atoms with E-state index in [0.29, 0.717) is 0 Å². The van der Waals surface area contributed by atoms with E-state index in [1.54, 1.807) is 6.20 Å². The van der Waals surface area contributed by atoms with Crippen molar-refractivity contribution in [1.82, 2.24) is 15.2 Å². The van der Waals surface area contributed by atoms with Crippen LogP contribution in [0, 0.1) is 0 Å². The molecule has 0 aliphatic carbocycles. The van der Waals surface area contributed by atoms with Gasteiger partial charge in [0.1, 0.15) is 17.0 Å². The molecule has 4 rings (SSSR count). The molecule has 0 radical (unpaired) electrons. The average Bonchev–Trinajstić information content (AvgIpc) is 3.10.